The van der Waals surface area contributed by atoms with Crippen molar-refractivity contribution >= 4 is 11.6 Å². The van der Waals surface area contributed by atoms with Crippen molar-refractivity contribution in [2.75, 3.05) is 13.7 Å². The first-order valence-electron chi connectivity index (χ1n) is 10.8. The second-order valence-electron chi connectivity index (χ2n) is 7.21. The molecule has 2 N–H and O–H groups in total. The number of benzene rings is 1. The van der Waals surface area contributed by atoms with E-state index in [1.807, 2.05) is 65.2 Å². The van der Waals surface area contributed by atoms with E-state index in [-0.39, 0.29) is 0 Å². The quantitative estimate of drug-likeness (QED) is 0.300. The van der Waals surface area contributed by atoms with Crippen LogP contribution in [0.4, 0.5) is 0 Å². The average Bonchev–Trinajstić information content (AvgIpc) is 3.28. The molecule has 0 unspecified atom stereocenters. The van der Waals surface area contributed by atoms with Crippen LogP contribution in [0.15, 0.2) is 72.0 Å². The second kappa shape index (κ2) is 10.9. The molecule has 0 saturated heterocycles. The molecule has 0 amide bonds. The Balaban J connectivity index is 1.35. The SMILES string of the molecule is CCCOc1ccc(Oc2ncccc2CNC(=NC)NCc2nnc3ccccn23)cc1. The number of aliphatic imine (C=N–C) groups is 1. The number of guanidine groups is 1. The lowest BCUT2D eigenvalue weighted by atomic mass is 10.2. The van der Waals surface area contributed by atoms with Crippen molar-refractivity contribution in [3.63, 3.8) is 0 Å². The predicted octanol–water partition coefficient (Wildman–Crippen LogP) is 3.57. The van der Waals surface area contributed by atoms with Crippen LogP contribution in [0.25, 0.3) is 5.65 Å². The number of aromatic nitrogens is 4. The average molecular weight is 446 g/mol. The lowest BCUT2D eigenvalue weighted by molar-refractivity contribution is 0.317. The van der Waals surface area contributed by atoms with E-state index in [0.29, 0.717) is 37.3 Å². The van der Waals surface area contributed by atoms with E-state index in [1.165, 1.54) is 0 Å². The Morgan fingerprint density at radius 2 is 1.79 bits per heavy atom. The van der Waals surface area contributed by atoms with Crippen molar-refractivity contribution in [2.45, 2.75) is 26.4 Å². The summed E-state index contributed by atoms with van der Waals surface area (Å²) in [4.78, 5) is 8.69. The van der Waals surface area contributed by atoms with Gasteiger partial charge in [0.1, 0.15) is 11.5 Å². The number of fused-ring (bicyclic) bond motifs is 1. The van der Waals surface area contributed by atoms with E-state index < -0.39 is 0 Å². The lowest BCUT2D eigenvalue weighted by Crippen LogP contribution is -2.36. The number of pyridine rings is 2. The normalized spacial score (nSPS) is 11.4. The molecule has 0 bridgehead atoms. The Morgan fingerprint density at radius 1 is 0.970 bits per heavy atom. The van der Waals surface area contributed by atoms with Gasteiger partial charge < -0.3 is 20.1 Å². The molecular weight excluding hydrogens is 418 g/mol. The third kappa shape index (κ3) is 5.76. The Labute approximate surface area is 192 Å². The molecule has 0 saturated carbocycles. The highest BCUT2D eigenvalue weighted by Gasteiger charge is 2.09. The Hall–Kier alpha value is -4.14. The number of nitrogens with zero attached hydrogens (tertiary/aromatic N) is 5. The van der Waals surface area contributed by atoms with Crippen LogP contribution in [-0.2, 0) is 13.1 Å². The van der Waals surface area contributed by atoms with Gasteiger partial charge in [-0.3, -0.25) is 9.39 Å². The van der Waals surface area contributed by atoms with E-state index in [2.05, 4.69) is 37.7 Å². The molecule has 9 nitrogen and oxygen atoms in total. The van der Waals surface area contributed by atoms with Gasteiger partial charge in [0, 0.05) is 31.5 Å². The lowest BCUT2D eigenvalue weighted by Gasteiger charge is -2.14. The fourth-order valence-corrected chi connectivity index (χ4v) is 3.16. The topological polar surface area (TPSA) is 98.0 Å². The van der Waals surface area contributed by atoms with Gasteiger partial charge in [-0.1, -0.05) is 19.1 Å². The summed E-state index contributed by atoms with van der Waals surface area (Å²) in [5.74, 6) is 3.48. The van der Waals surface area contributed by atoms with Crippen molar-refractivity contribution in [1.82, 2.24) is 30.2 Å². The zero-order chi connectivity index (χ0) is 22.9. The van der Waals surface area contributed by atoms with Crippen molar-refractivity contribution in [3.8, 4) is 17.4 Å². The highest BCUT2D eigenvalue weighted by atomic mass is 16.5. The molecule has 0 fully saturated rings. The second-order valence-corrected chi connectivity index (χ2v) is 7.21. The summed E-state index contributed by atoms with van der Waals surface area (Å²) in [6.45, 7) is 3.74. The van der Waals surface area contributed by atoms with Crippen LogP contribution in [-0.4, -0.2) is 39.2 Å². The van der Waals surface area contributed by atoms with Gasteiger partial charge >= 0.3 is 0 Å². The highest BCUT2D eigenvalue weighted by Crippen LogP contribution is 2.25. The van der Waals surface area contributed by atoms with Gasteiger partial charge in [0.2, 0.25) is 5.88 Å². The van der Waals surface area contributed by atoms with E-state index in [9.17, 15) is 0 Å². The van der Waals surface area contributed by atoms with Crippen LogP contribution >= 0.6 is 0 Å². The van der Waals surface area contributed by atoms with Crippen molar-refractivity contribution < 1.29 is 9.47 Å². The summed E-state index contributed by atoms with van der Waals surface area (Å²) < 4.78 is 13.6. The first-order valence-corrected chi connectivity index (χ1v) is 10.8. The van der Waals surface area contributed by atoms with E-state index >= 15 is 0 Å². The van der Waals surface area contributed by atoms with Gasteiger partial charge in [0.25, 0.3) is 0 Å². The smallest absolute Gasteiger partial charge is 0.224 e. The molecule has 33 heavy (non-hydrogen) atoms. The third-order valence-corrected chi connectivity index (χ3v) is 4.83. The van der Waals surface area contributed by atoms with Crippen molar-refractivity contribution in [3.05, 3.63) is 78.4 Å². The molecule has 4 rings (SSSR count). The summed E-state index contributed by atoms with van der Waals surface area (Å²) in [5.41, 5.74) is 1.71. The van der Waals surface area contributed by atoms with Crippen LogP contribution in [0.2, 0.25) is 0 Å². The highest BCUT2D eigenvalue weighted by molar-refractivity contribution is 5.79. The fourth-order valence-electron chi connectivity index (χ4n) is 3.16. The molecule has 170 valence electrons. The van der Waals surface area contributed by atoms with Crippen LogP contribution in [0, 0.1) is 0 Å². The number of hydrogen-bond donors (Lipinski definition) is 2. The molecule has 9 heteroatoms. The van der Waals surface area contributed by atoms with Gasteiger partial charge in [0.15, 0.2) is 17.4 Å². The molecule has 4 aromatic rings. The maximum atomic E-state index is 6.01. The van der Waals surface area contributed by atoms with Crippen LogP contribution < -0.4 is 20.1 Å². The first-order chi connectivity index (χ1) is 16.3. The molecule has 3 aromatic heterocycles. The minimum Gasteiger partial charge on any atom is -0.494 e. The summed E-state index contributed by atoms with van der Waals surface area (Å²) in [7, 11) is 1.72. The standard InChI is InChI=1S/C24H27N7O2/c1-3-15-32-19-9-11-20(12-10-19)33-23-18(7-6-13-26-23)16-27-24(25-2)28-17-22-30-29-21-8-4-5-14-31(21)22/h4-14H,3,15-17H2,1-2H3,(H2,25,27,28). The third-order valence-electron chi connectivity index (χ3n) is 4.83. The molecule has 1 aromatic carbocycles. The zero-order valence-corrected chi connectivity index (χ0v) is 18.7. The number of hydrogen-bond acceptors (Lipinski definition) is 6. The van der Waals surface area contributed by atoms with E-state index in [4.69, 9.17) is 9.47 Å². The summed E-state index contributed by atoms with van der Waals surface area (Å²) in [6.07, 6.45) is 4.61. The molecule has 0 aliphatic heterocycles. The van der Waals surface area contributed by atoms with Gasteiger partial charge in [0.05, 0.1) is 13.2 Å². The van der Waals surface area contributed by atoms with Gasteiger partial charge in [-0.25, -0.2) is 4.98 Å². The fraction of sp³-hybridized carbons (Fsp3) is 0.250. The monoisotopic (exact) mass is 445 g/mol. The predicted molar refractivity (Wildman–Crippen MR) is 127 cm³/mol. The number of rotatable bonds is 9. The first kappa shape index (κ1) is 22.1. The van der Waals surface area contributed by atoms with Gasteiger partial charge in [-0.05, 0) is 48.9 Å². The maximum Gasteiger partial charge on any atom is 0.224 e. The van der Waals surface area contributed by atoms with Crippen molar-refractivity contribution in [1.29, 1.82) is 0 Å². The van der Waals surface area contributed by atoms with Crippen LogP contribution in [0.3, 0.4) is 0 Å². The van der Waals surface area contributed by atoms with Crippen molar-refractivity contribution in [2.24, 2.45) is 4.99 Å². The van der Waals surface area contributed by atoms with Gasteiger partial charge in [-0.2, -0.15) is 0 Å². The van der Waals surface area contributed by atoms with Crippen LogP contribution in [0.1, 0.15) is 24.7 Å². The minimum atomic E-state index is 0.480. The van der Waals surface area contributed by atoms with E-state index in [1.54, 1.807) is 13.2 Å². The molecule has 0 radical (unpaired) electrons. The summed E-state index contributed by atoms with van der Waals surface area (Å²) >= 11 is 0. The Bertz CT molecular complexity index is 1200. The Morgan fingerprint density at radius 3 is 2.61 bits per heavy atom. The number of nitrogens with one attached hydrogen (secondary N) is 2. The largest absolute Gasteiger partial charge is 0.494 e. The molecule has 0 aliphatic carbocycles. The van der Waals surface area contributed by atoms with E-state index in [0.717, 1.165) is 29.2 Å². The maximum absolute atomic E-state index is 6.01. The molecule has 3 heterocycles. The summed E-state index contributed by atoms with van der Waals surface area (Å²) in [5, 5.41) is 15.0. The zero-order valence-electron chi connectivity index (χ0n) is 18.7. The molecular formula is C24H27N7O2. The molecule has 0 spiro atoms. The van der Waals surface area contributed by atoms with Crippen LogP contribution in [0.5, 0.6) is 17.4 Å². The number of ether oxygens (including phenoxy) is 2. The Kier molecular flexibility index (Phi) is 7.32. The summed E-state index contributed by atoms with van der Waals surface area (Å²) in [6, 6.07) is 17.2. The molecule has 0 aliphatic rings. The minimum absolute atomic E-state index is 0.480. The molecule has 0 atom stereocenters. The van der Waals surface area contributed by atoms with Gasteiger partial charge in [-0.15, -0.1) is 10.2 Å².